The second-order valence-corrected chi connectivity index (χ2v) is 9.09. The van der Waals surface area contributed by atoms with Crippen molar-refractivity contribution >= 4 is 46.0 Å². The molecule has 0 unspecified atom stereocenters. The van der Waals surface area contributed by atoms with Crippen molar-refractivity contribution in [2.45, 2.75) is 38.8 Å². The number of hydrogen-bond donors (Lipinski definition) is 1. The number of halogens is 2. The number of carbonyl (C=O) groups is 1. The first-order valence-corrected chi connectivity index (χ1v) is 10.5. The number of carbonyl (C=O) groups excluding carboxylic acids is 1. The van der Waals surface area contributed by atoms with Crippen molar-refractivity contribution in [3.8, 4) is 5.69 Å². The van der Waals surface area contributed by atoms with Crippen LogP contribution >= 0.6 is 23.2 Å². The number of alkyl carbamates (subject to hydrolysis) is 1. The van der Waals surface area contributed by atoms with Gasteiger partial charge in [-0.15, -0.1) is 0 Å². The molecule has 9 heteroatoms. The van der Waals surface area contributed by atoms with Crippen molar-refractivity contribution in [2.24, 2.45) is 0 Å². The van der Waals surface area contributed by atoms with Crippen molar-refractivity contribution in [3.05, 3.63) is 47.0 Å². The summed E-state index contributed by atoms with van der Waals surface area (Å²) in [5, 5.41) is 4.70. The quantitative estimate of drug-likeness (QED) is 0.622. The Morgan fingerprint density at radius 3 is 2.80 bits per heavy atom. The summed E-state index contributed by atoms with van der Waals surface area (Å²) in [6.45, 7) is 6.91. The predicted octanol–water partition coefficient (Wildman–Crippen LogP) is 4.83. The minimum Gasteiger partial charge on any atom is -0.444 e. The third kappa shape index (κ3) is 4.32. The molecule has 1 atom stereocenters. The summed E-state index contributed by atoms with van der Waals surface area (Å²) >= 11 is 12.7. The Kier molecular flexibility index (Phi) is 5.51. The van der Waals surface area contributed by atoms with Gasteiger partial charge in [-0.1, -0.05) is 23.2 Å². The third-order valence-electron chi connectivity index (χ3n) is 4.85. The average molecular weight is 448 g/mol. The van der Waals surface area contributed by atoms with Crippen LogP contribution in [0.5, 0.6) is 0 Å². The maximum Gasteiger partial charge on any atom is 0.407 e. The maximum atomic E-state index is 12.1. The minimum atomic E-state index is -0.530. The van der Waals surface area contributed by atoms with E-state index in [0.29, 0.717) is 22.1 Å². The van der Waals surface area contributed by atoms with Crippen LogP contribution in [0.4, 0.5) is 10.6 Å². The summed E-state index contributed by atoms with van der Waals surface area (Å²) in [7, 11) is 0. The number of amides is 1. The lowest BCUT2D eigenvalue weighted by molar-refractivity contribution is 0.0509. The monoisotopic (exact) mass is 447 g/mol. The number of hydrogen-bond acceptors (Lipinski definition) is 5. The van der Waals surface area contributed by atoms with Gasteiger partial charge < -0.3 is 19.5 Å². The summed E-state index contributed by atoms with van der Waals surface area (Å²) in [5.41, 5.74) is 1.02. The lowest BCUT2D eigenvalue weighted by Gasteiger charge is -2.23. The molecular weight excluding hydrogens is 425 g/mol. The highest BCUT2D eigenvalue weighted by Crippen LogP contribution is 2.35. The van der Waals surface area contributed by atoms with Crippen molar-refractivity contribution in [1.82, 2.24) is 19.9 Å². The van der Waals surface area contributed by atoms with E-state index in [1.54, 1.807) is 18.6 Å². The molecule has 1 aliphatic rings. The molecule has 158 valence electrons. The van der Waals surface area contributed by atoms with Crippen LogP contribution in [0.15, 0.2) is 36.9 Å². The molecule has 0 saturated carbocycles. The molecule has 1 aromatic carbocycles. The zero-order valence-electron chi connectivity index (χ0n) is 17.0. The molecular formula is C21H23Cl2N5O2. The van der Waals surface area contributed by atoms with Crippen molar-refractivity contribution in [1.29, 1.82) is 0 Å². The van der Waals surface area contributed by atoms with Crippen LogP contribution < -0.4 is 10.2 Å². The predicted molar refractivity (Wildman–Crippen MR) is 119 cm³/mol. The summed E-state index contributed by atoms with van der Waals surface area (Å²) in [6, 6.07) is 5.66. The van der Waals surface area contributed by atoms with Crippen molar-refractivity contribution < 1.29 is 9.53 Å². The Labute approximate surface area is 184 Å². The van der Waals surface area contributed by atoms with Gasteiger partial charge in [0, 0.05) is 36.9 Å². The van der Waals surface area contributed by atoms with E-state index in [-0.39, 0.29) is 6.04 Å². The molecule has 1 amide bonds. The second-order valence-electron chi connectivity index (χ2n) is 8.30. The van der Waals surface area contributed by atoms with Crippen molar-refractivity contribution in [3.63, 3.8) is 0 Å². The van der Waals surface area contributed by atoms with Crippen LogP contribution in [0.1, 0.15) is 27.2 Å². The molecule has 1 aliphatic heterocycles. The first-order valence-electron chi connectivity index (χ1n) is 9.73. The molecule has 3 aromatic rings. The van der Waals surface area contributed by atoms with Crippen LogP contribution in [0.25, 0.3) is 16.6 Å². The van der Waals surface area contributed by atoms with Crippen molar-refractivity contribution in [2.75, 3.05) is 18.0 Å². The topological polar surface area (TPSA) is 72.3 Å². The molecule has 0 bridgehead atoms. The zero-order valence-corrected chi connectivity index (χ0v) is 18.5. The Morgan fingerprint density at radius 1 is 1.30 bits per heavy atom. The fourth-order valence-corrected chi connectivity index (χ4v) is 3.90. The fourth-order valence-electron chi connectivity index (χ4n) is 3.54. The van der Waals surface area contributed by atoms with Crippen LogP contribution in [0, 0.1) is 0 Å². The number of anilines is 1. The highest BCUT2D eigenvalue weighted by Gasteiger charge is 2.28. The van der Waals surface area contributed by atoms with Gasteiger partial charge in [0.1, 0.15) is 11.4 Å². The summed E-state index contributed by atoms with van der Waals surface area (Å²) < 4.78 is 7.29. The number of aromatic nitrogens is 3. The molecule has 30 heavy (non-hydrogen) atoms. The number of pyridine rings is 1. The Morgan fingerprint density at radius 2 is 2.10 bits per heavy atom. The smallest absolute Gasteiger partial charge is 0.407 e. The molecule has 1 fully saturated rings. The number of fused-ring (bicyclic) bond motifs is 1. The summed E-state index contributed by atoms with van der Waals surface area (Å²) in [5.74, 6) is 0.767. The molecule has 1 saturated heterocycles. The van der Waals surface area contributed by atoms with Gasteiger partial charge in [0.15, 0.2) is 0 Å². The SMILES string of the molecule is CC(C)(C)OC(=O)N[C@H]1CCN(c2cc(-n3ccnc3)c3ccc(Cl)c(Cl)c3n2)C1. The molecule has 4 rings (SSSR count). The van der Waals surface area contributed by atoms with Gasteiger partial charge >= 0.3 is 6.09 Å². The molecule has 0 radical (unpaired) electrons. The standard InChI is InChI=1S/C21H23Cl2N5O2/c1-21(2,3)30-20(29)25-13-6-8-27(11-13)17-10-16(28-9-7-24-12-28)14-4-5-15(22)18(23)19(14)26-17/h4-5,7,9-10,12-13H,6,8,11H2,1-3H3,(H,25,29)/t13-/m0/s1. The van der Waals surface area contributed by atoms with Gasteiger partial charge in [-0.3, -0.25) is 0 Å². The summed E-state index contributed by atoms with van der Waals surface area (Å²) in [6.07, 6.45) is 5.72. The normalized spacial score (nSPS) is 16.8. The third-order valence-corrected chi connectivity index (χ3v) is 5.65. The number of benzene rings is 1. The summed E-state index contributed by atoms with van der Waals surface area (Å²) in [4.78, 5) is 23.2. The second kappa shape index (κ2) is 7.96. The maximum absolute atomic E-state index is 12.1. The van der Waals surface area contributed by atoms with Gasteiger partial charge in [0.05, 0.1) is 33.6 Å². The van der Waals surface area contributed by atoms with E-state index in [1.165, 1.54) is 0 Å². The number of imidazole rings is 1. The Balaban J connectivity index is 1.63. The van der Waals surface area contributed by atoms with E-state index in [9.17, 15) is 4.79 Å². The highest BCUT2D eigenvalue weighted by atomic mass is 35.5. The fraction of sp³-hybridized carbons (Fsp3) is 0.381. The first kappa shape index (κ1) is 20.8. The van der Waals surface area contributed by atoms with E-state index in [4.69, 9.17) is 32.9 Å². The number of rotatable bonds is 3. The number of nitrogens with zero attached hydrogens (tertiary/aromatic N) is 4. The van der Waals surface area contributed by atoms with Crippen LogP contribution in [0.2, 0.25) is 10.0 Å². The average Bonchev–Trinajstić information content (AvgIpc) is 3.34. The first-order chi connectivity index (χ1) is 14.2. The molecule has 0 spiro atoms. The molecule has 3 heterocycles. The Hall–Kier alpha value is -2.51. The van der Waals surface area contributed by atoms with E-state index in [2.05, 4.69) is 15.2 Å². The molecule has 0 aliphatic carbocycles. The van der Waals surface area contributed by atoms with Gasteiger partial charge in [0.2, 0.25) is 0 Å². The van der Waals surface area contributed by atoms with Gasteiger partial charge in [-0.05, 0) is 39.3 Å². The Bertz CT molecular complexity index is 1080. The molecule has 2 aromatic heterocycles. The lowest BCUT2D eigenvalue weighted by Crippen LogP contribution is -2.40. The van der Waals surface area contributed by atoms with Gasteiger partial charge in [-0.2, -0.15) is 0 Å². The van der Waals surface area contributed by atoms with Crippen LogP contribution in [-0.2, 0) is 4.74 Å². The van der Waals surface area contributed by atoms with Crippen LogP contribution in [-0.4, -0.2) is 45.4 Å². The molecule has 7 nitrogen and oxygen atoms in total. The van der Waals surface area contributed by atoms with E-state index in [1.807, 2.05) is 43.7 Å². The van der Waals surface area contributed by atoms with E-state index < -0.39 is 11.7 Å². The van der Waals surface area contributed by atoms with E-state index in [0.717, 1.165) is 29.9 Å². The molecule has 1 N–H and O–H groups in total. The van der Waals surface area contributed by atoms with E-state index >= 15 is 0 Å². The van der Waals surface area contributed by atoms with Gasteiger partial charge in [0.25, 0.3) is 0 Å². The number of nitrogens with one attached hydrogen (secondary N) is 1. The number of ether oxygens (including phenoxy) is 1. The van der Waals surface area contributed by atoms with Crippen LogP contribution in [0.3, 0.4) is 0 Å². The lowest BCUT2D eigenvalue weighted by atomic mass is 10.1. The zero-order chi connectivity index (χ0) is 21.5. The van der Waals surface area contributed by atoms with Gasteiger partial charge in [-0.25, -0.2) is 14.8 Å². The largest absolute Gasteiger partial charge is 0.444 e. The minimum absolute atomic E-state index is 0.0242. The highest BCUT2D eigenvalue weighted by molar-refractivity contribution is 6.45.